The van der Waals surface area contributed by atoms with Gasteiger partial charge in [-0.1, -0.05) is 23.7 Å². The quantitative estimate of drug-likeness (QED) is 0.842. The molecule has 1 heterocycles. The highest BCUT2D eigenvalue weighted by molar-refractivity contribution is 7.92. The Kier molecular flexibility index (Phi) is 5.74. The molecule has 0 spiro atoms. The van der Waals surface area contributed by atoms with Crippen LogP contribution in [0.15, 0.2) is 47.4 Å². The van der Waals surface area contributed by atoms with E-state index < -0.39 is 10.0 Å². The van der Waals surface area contributed by atoms with E-state index in [4.69, 9.17) is 16.3 Å². The molecular weight excluding hydrogens is 388 g/mol. The van der Waals surface area contributed by atoms with Crippen LogP contribution in [-0.4, -0.2) is 45.0 Å². The Morgan fingerprint density at radius 1 is 1.26 bits per heavy atom. The molecule has 2 aromatic rings. The van der Waals surface area contributed by atoms with Crippen LogP contribution in [0.3, 0.4) is 0 Å². The number of ether oxygens (including phenoxy) is 1. The Balaban J connectivity index is 1.89. The molecule has 1 aliphatic heterocycles. The minimum Gasteiger partial charge on any atom is -0.375 e. The van der Waals surface area contributed by atoms with Gasteiger partial charge in [-0.3, -0.25) is 9.52 Å². The van der Waals surface area contributed by atoms with E-state index in [1.165, 1.54) is 18.2 Å². The number of sulfonamides is 1. The van der Waals surface area contributed by atoms with Crippen molar-refractivity contribution in [3.8, 4) is 0 Å². The maximum atomic E-state index is 12.8. The molecule has 0 radical (unpaired) electrons. The summed E-state index contributed by atoms with van der Waals surface area (Å²) in [6.45, 7) is 5.08. The molecule has 27 heavy (non-hydrogen) atoms. The van der Waals surface area contributed by atoms with Crippen LogP contribution in [0.5, 0.6) is 0 Å². The maximum Gasteiger partial charge on any atom is 0.261 e. The predicted molar refractivity (Wildman–Crippen MR) is 105 cm³/mol. The van der Waals surface area contributed by atoms with E-state index in [2.05, 4.69) is 4.72 Å². The van der Waals surface area contributed by atoms with Gasteiger partial charge >= 0.3 is 0 Å². The third-order valence-corrected chi connectivity index (χ3v) is 5.99. The maximum absolute atomic E-state index is 12.8. The van der Waals surface area contributed by atoms with E-state index in [0.717, 1.165) is 5.56 Å². The van der Waals surface area contributed by atoms with Gasteiger partial charge < -0.3 is 9.64 Å². The minimum atomic E-state index is -3.85. The molecule has 6 nitrogen and oxygen atoms in total. The normalized spacial score (nSPS) is 17.6. The summed E-state index contributed by atoms with van der Waals surface area (Å²) in [5.41, 5.74) is 1.56. The Bertz CT molecular complexity index is 962. The fourth-order valence-corrected chi connectivity index (χ4v) is 4.20. The van der Waals surface area contributed by atoms with Gasteiger partial charge in [0.1, 0.15) is 0 Å². The van der Waals surface area contributed by atoms with Gasteiger partial charge in [0, 0.05) is 18.8 Å². The first-order valence-corrected chi connectivity index (χ1v) is 10.4. The first kappa shape index (κ1) is 19.7. The fourth-order valence-electron chi connectivity index (χ4n) is 2.93. The molecule has 3 rings (SSSR count). The van der Waals surface area contributed by atoms with Crippen molar-refractivity contribution in [3.05, 3.63) is 58.6 Å². The van der Waals surface area contributed by atoms with Crippen molar-refractivity contribution in [2.24, 2.45) is 0 Å². The average molecular weight is 409 g/mol. The van der Waals surface area contributed by atoms with Gasteiger partial charge in [0.25, 0.3) is 15.9 Å². The van der Waals surface area contributed by atoms with Crippen molar-refractivity contribution in [3.63, 3.8) is 0 Å². The van der Waals surface area contributed by atoms with E-state index in [-0.39, 0.29) is 27.5 Å². The second kappa shape index (κ2) is 7.88. The number of nitrogens with zero attached hydrogens (tertiary/aromatic N) is 1. The largest absolute Gasteiger partial charge is 0.375 e. The number of hydrogen-bond donors (Lipinski definition) is 1. The lowest BCUT2D eigenvalue weighted by molar-refractivity contribution is -0.0124. The topological polar surface area (TPSA) is 75.7 Å². The van der Waals surface area contributed by atoms with Crippen LogP contribution in [0.1, 0.15) is 22.8 Å². The number of carbonyl (C=O) groups is 1. The molecule has 0 saturated carbocycles. The first-order valence-electron chi connectivity index (χ1n) is 8.56. The minimum absolute atomic E-state index is 0.0157. The number of aryl methyl sites for hydroxylation is 1. The third kappa shape index (κ3) is 4.61. The van der Waals surface area contributed by atoms with Crippen molar-refractivity contribution in [2.45, 2.75) is 24.8 Å². The lowest BCUT2D eigenvalue weighted by Gasteiger charge is -2.31. The number of hydrogen-bond acceptors (Lipinski definition) is 4. The zero-order valence-electron chi connectivity index (χ0n) is 15.1. The number of anilines is 1. The van der Waals surface area contributed by atoms with Crippen LogP contribution in [0.2, 0.25) is 5.02 Å². The Morgan fingerprint density at radius 2 is 2.04 bits per heavy atom. The number of nitrogens with one attached hydrogen (secondary N) is 1. The van der Waals surface area contributed by atoms with Crippen molar-refractivity contribution in [2.75, 3.05) is 24.4 Å². The number of halogens is 1. The molecule has 0 bridgehead atoms. The van der Waals surface area contributed by atoms with Gasteiger partial charge in [-0.25, -0.2) is 8.42 Å². The molecule has 1 saturated heterocycles. The Morgan fingerprint density at radius 3 is 2.74 bits per heavy atom. The molecule has 1 atom stereocenters. The van der Waals surface area contributed by atoms with E-state index >= 15 is 0 Å². The molecule has 1 amide bonds. The average Bonchev–Trinajstić information content (AvgIpc) is 2.61. The number of morpholine rings is 1. The zero-order valence-corrected chi connectivity index (χ0v) is 16.7. The fraction of sp³-hybridized carbons (Fsp3) is 0.316. The van der Waals surface area contributed by atoms with E-state index in [1.807, 2.05) is 19.9 Å². The van der Waals surface area contributed by atoms with Crippen molar-refractivity contribution in [1.29, 1.82) is 0 Å². The standard InChI is InChI=1S/C19H21ClN2O4S/c1-13-4-3-5-15(10-13)21-27(24,25)16-6-7-18(20)17(11-16)19(23)22-8-9-26-14(2)12-22/h3-7,10-11,14,21H,8-9,12H2,1-2H3. The van der Waals surface area contributed by atoms with Crippen molar-refractivity contribution < 1.29 is 17.9 Å². The summed E-state index contributed by atoms with van der Waals surface area (Å²) in [5, 5.41) is 0.216. The van der Waals surface area contributed by atoms with E-state index in [1.54, 1.807) is 23.1 Å². The molecular formula is C19H21ClN2O4S. The third-order valence-electron chi connectivity index (χ3n) is 4.28. The summed E-state index contributed by atoms with van der Waals surface area (Å²) in [5.74, 6) is -0.303. The smallest absolute Gasteiger partial charge is 0.261 e. The highest BCUT2D eigenvalue weighted by Gasteiger charge is 2.26. The highest BCUT2D eigenvalue weighted by atomic mass is 35.5. The second-order valence-electron chi connectivity index (χ2n) is 6.55. The van der Waals surface area contributed by atoms with Crippen molar-refractivity contribution >= 4 is 33.2 Å². The molecule has 1 N–H and O–H groups in total. The summed E-state index contributed by atoms with van der Waals surface area (Å²) in [6, 6.07) is 11.2. The number of carbonyl (C=O) groups excluding carboxylic acids is 1. The predicted octanol–water partition coefficient (Wildman–Crippen LogP) is 3.31. The van der Waals surface area contributed by atoms with Gasteiger partial charge in [-0.2, -0.15) is 0 Å². The lowest BCUT2D eigenvalue weighted by Crippen LogP contribution is -2.44. The number of rotatable bonds is 4. The number of amides is 1. The Hall–Kier alpha value is -2.09. The van der Waals surface area contributed by atoms with Crippen LogP contribution in [0, 0.1) is 6.92 Å². The van der Waals surface area contributed by atoms with Gasteiger partial charge in [0.2, 0.25) is 0 Å². The SMILES string of the molecule is Cc1cccc(NS(=O)(=O)c2ccc(Cl)c(C(=O)N3CCOC(C)C3)c2)c1. The van der Waals surface area contributed by atoms with Gasteiger partial charge in [0.15, 0.2) is 0 Å². The zero-order chi connectivity index (χ0) is 19.6. The molecule has 0 aliphatic carbocycles. The van der Waals surface area contributed by atoms with Gasteiger partial charge in [-0.05, 0) is 49.7 Å². The van der Waals surface area contributed by atoms with Crippen molar-refractivity contribution in [1.82, 2.24) is 4.90 Å². The second-order valence-corrected chi connectivity index (χ2v) is 8.64. The molecule has 1 fully saturated rings. The van der Waals surface area contributed by atoms with Crippen LogP contribution >= 0.6 is 11.6 Å². The van der Waals surface area contributed by atoms with Gasteiger partial charge in [-0.15, -0.1) is 0 Å². The molecule has 0 aromatic heterocycles. The summed E-state index contributed by atoms with van der Waals surface area (Å²) < 4.78 is 33.4. The van der Waals surface area contributed by atoms with Gasteiger partial charge in [0.05, 0.1) is 28.2 Å². The summed E-state index contributed by atoms with van der Waals surface area (Å²) in [6.07, 6.45) is -0.0728. The van der Waals surface area contributed by atoms with Crippen LogP contribution in [-0.2, 0) is 14.8 Å². The summed E-state index contributed by atoms with van der Waals surface area (Å²) >= 11 is 6.18. The molecule has 1 aliphatic rings. The highest BCUT2D eigenvalue weighted by Crippen LogP contribution is 2.24. The van der Waals surface area contributed by atoms with E-state index in [9.17, 15) is 13.2 Å². The molecule has 144 valence electrons. The molecule has 8 heteroatoms. The summed E-state index contributed by atoms with van der Waals surface area (Å²) in [7, 11) is -3.85. The van der Waals surface area contributed by atoms with Crippen LogP contribution < -0.4 is 4.72 Å². The Labute approximate surface area is 164 Å². The lowest BCUT2D eigenvalue weighted by atomic mass is 10.1. The molecule has 2 aromatic carbocycles. The first-order chi connectivity index (χ1) is 12.8. The van der Waals surface area contributed by atoms with E-state index in [0.29, 0.717) is 25.4 Å². The molecule has 1 unspecified atom stereocenters. The van der Waals surface area contributed by atoms with Crippen LogP contribution in [0.4, 0.5) is 5.69 Å². The number of benzene rings is 2. The monoisotopic (exact) mass is 408 g/mol. The summed E-state index contributed by atoms with van der Waals surface area (Å²) in [4.78, 5) is 14.4. The van der Waals surface area contributed by atoms with Crippen LogP contribution in [0.25, 0.3) is 0 Å².